The Kier molecular flexibility index (Phi) is 6.38. The molecule has 1 aliphatic heterocycles. The lowest BCUT2D eigenvalue weighted by molar-refractivity contribution is 0.125. The summed E-state index contributed by atoms with van der Waals surface area (Å²) in [5, 5.41) is 0. The highest BCUT2D eigenvalue weighted by Gasteiger charge is 2.21. The maximum Gasteiger partial charge on any atom is 0.509 e. The number of carbonyl (C=O) groups is 1. The van der Waals surface area contributed by atoms with Crippen molar-refractivity contribution in [3.8, 4) is 0 Å². The predicted octanol–water partition coefficient (Wildman–Crippen LogP) is 3.60. The molecule has 1 saturated heterocycles. The van der Waals surface area contributed by atoms with Gasteiger partial charge in [-0.25, -0.2) is 4.79 Å². The molecule has 1 rings (SSSR count). The van der Waals surface area contributed by atoms with Crippen LogP contribution < -0.4 is 0 Å². The molecule has 0 aromatic rings. The van der Waals surface area contributed by atoms with Gasteiger partial charge in [0.15, 0.2) is 6.10 Å². The van der Waals surface area contributed by atoms with Crippen LogP contribution in [-0.2, 0) is 9.47 Å². The second kappa shape index (κ2) is 7.97. The number of carbonyl (C=O) groups excluding carboxylic acids is 1. The Bertz CT molecular complexity index is 246. The minimum absolute atomic E-state index is 0.173. The van der Waals surface area contributed by atoms with Gasteiger partial charge in [-0.15, -0.1) is 6.58 Å². The largest absolute Gasteiger partial charge is 0.509 e. The maximum atomic E-state index is 10.6. The highest BCUT2D eigenvalue weighted by molar-refractivity contribution is 5.62. The molecule has 1 heterocycles. The highest BCUT2D eigenvalue weighted by atomic mass is 16.8. The minimum atomic E-state index is -0.556. The first-order valence-electron chi connectivity index (χ1n) is 5.94. The zero-order chi connectivity index (χ0) is 11.6. The first-order chi connectivity index (χ1) is 7.83. The zero-order valence-electron chi connectivity index (χ0n) is 9.69. The Hall–Kier alpha value is -1.25. The third-order valence-corrected chi connectivity index (χ3v) is 2.49. The van der Waals surface area contributed by atoms with Crippen LogP contribution in [0.2, 0.25) is 0 Å². The standard InChI is InChI=1S/C13H20O3/c1-2-3-4-5-6-7-8-9-10-12-11-15-13(14)16-12/h2,9-10,12H,1,3-8,11H2. The highest BCUT2D eigenvalue weighted by Crippen LogP contribution is 2.09. The number of hydrogen-bond acceptors (Lipinski definition) is 3. The molecule has 90 valence electrons. The SMILES string of the molecule is C=CCCCCCCC=CC1COC(=O)O1. The molecule has 0 aromatic heterocycles. The Morgan fingerprint density at radius 1 is 1.25 bits per heavy atom. The van der Waals surface area contributed by atoms with Crippen molar-refractivity contribution in [1.29, 1.82) is 0 Å². The molecule has 0 aromatic carbocycles. The summed E-state index contributed by atoms with van der Waals surface area (Å²) in [4.78, 5) is 10.6. The molecular formula is C13H20O3. The molecule has 0 N–H and O–H groups in total. The van der Waals surface area contributed by atoms with Crippen molar-refractivity contribution in [3.05, 3.63) is 24.8 Å². The molecule has 0 aliphatic carbocycles. The molecule has 16 heavy (non-hydrogen) atoms. The van der Waals surface area contributed by atoms with Crippen molar-refractivity contribution in [3.63, 3.8) is 0 Å². The molecule has 3 nitrogen and oxygen atoms in total. The topological polar surface area (TPSA) is 35.5 Å². The van der Waals surface area contributed by atoms with Crippen LogP contribution in [0.25, 0.3) is 0 Å². The Balaban J connectivity index is 1.92. The summed E-state index contributed by atoms with van der Waals surface area (Å²) in [6, 6.07) is 0. The van der Waals surface area contributed by atoms with Gasteiger partial charge in [-0.05, 0) is 31.8 Å². The average Bonchev–Trinajstić information content (AvgIpc) is 2.68. The predicted molar refractivity (Wildman–Crippen MR) is 63.3 cm³/mol. The van der Waals surface area contributed by atoms with E-state index >= 15 is 0 Å². The first-order valence-corrected chi connectivity index (χ1v) is 5.94. The summed E-state index contributed by atoms with van der Waals surface area (Å²) < 4.78 is 9.53. The van der Waals surface area contributed by atoms with E-state index in [9.17, 15) is 4.79 Å². The molecule has 1 aliphatic rings. The van der Waals surface area contributed by atoms with E-state index in [-0.39, 0.29) is 6.10 Å². The van der Waals surface area contributed by atoms with Crippen molar-refractivity contribution in [2.75, 3.05) is 6.61 Å². The summed E-state index contributed by atoms with van der Waals surface area (Å²) >= 11 is 0. The van der Waals surface area contributed by atoms with E-state index in [1.54, 1.807) is 0 Å². The fourth-order valence-corrected chi connectivity index (χ4v) is 1.59. The smallest absolute Gasteiger partial charge is 0.430 e. The van der Waals surface area contributed by atoms with Crippen LogP contribution >= 0.6 is 0 Å². The Morgan fingerprint density at radius 2 is 2.00 bits per heavy atom. The van der Waals surface area contributed by atoms with Gasteiger partial charge in [0, 0.05) is 0 Å². The second-order valence-electron chi connectivity index (χ2n) is 3.93. The molecule has 0 amide bonds. The van der Waals surface area contributed by atoms with Gasteiger partial charge in [-0.2, -0.15) is 0 Å². The third-order valence-electron chi connectivity index (χ3n) is 2.49. The van der Waals surface area contributed by atoms with E-state index in [4.69, 9.17) is 4.74 Å². The number of cyclic esters (lactones) is 2. The molecular weight excluding hydrogens is 204 g/mol. The van der Waals surface area contributed by atoms with Crippen LogP contribution in [0, 0.1) is 0 Å². The molecule has 0 radical (unpaired) electrons. The maximum absolute atomic E-state index is 10.6. The summed E-state index contributed by atoms with van der Waals surface area (Å²) in [5.74, 6) is 0. The van der Waals surface area contributed by atoms with Crippen LogP contribution in [0.15, 0.2) is 24.8 Å². The van der Waals surface area contributed by atoms with Crippen LogP contribution in [0.4, 0.5) is 4.79 Å². The normalized spacial score (nSPS) is 19.8. The van der Waals surface area contributed by atoms with Gasteiger partial charge in [0.25, 0.3) is 0 Å². The fraction of sp³-hybridized carbons (Fsp3) is 0.615. The molecule has 1 unspecified atom stereocenters. The van der Waals surface area contributed by atoms with Crippen LogP contribution in [-0.4, -0.2) is 18.9 Å². The monoisotopic (exact) mass is 224 g/mol. The number of hydrogen-bond donors (Lipinski definition) is 0. The van der Waals surface area contributed by atoms with E-state index in [0.717, 1.165) is 12.8 Å². The van der Waals surface area contributed by atoms with Gasteiger partial charge < -0.3 is 9.47 Å². The third kappa shape index (κ3) is 5.59. The van der Waals surface area contributed by atoms with Crippen molar-refractivity contribution in [1.82, 2.24) is 0 Å². The van der Waals surface area contributed by atoms with Gasteiger partial charge in [-0.3, -0.25) is 0 Å². The lowest BCUT2D eigenvalue weighted by atomic mass is 10.1. The average molecular weight is 224 g/mol. The van der Waals surface area contributed by atoms with Crippen LogP contribution in [0.3, 0.4) is 0 Å². The number of allylic oxidation sites excluding steroid dienone is 2. The Morgan fingerprint density at radius 3 is 2.62 bits per heavy atom. The van der Waals surface area contributed by atoms with E-state index < -0.39 is 6.16 Å². The van der Waals surface area contributed by atoms with Gasteiger partial charge >= 0.3 is 6.16 Å². The number of ether oxygens (including phenoxy) is 2. The summed E-state index contributed by atoms with van der Waals surface area (Å²) in [6.45, 7) is 4.05. The fourth-order valence-electron chi connectivity index (χ4n) is 1.59. The molecule has 3 heteroatoms. The van der Waals surface area contributed by atoms with Crippen molar-refractivity contribution < 1.29 is 14.3 Å². The summed E-state index contributed by atoms with van der Waals surface area (Å²) in [7, 11) is 0. The van der Waals surface area contributed by atoms with Crippen molar-refractivity contribution >= 4 is 6.16 Å². The van der Waals surface area contributed by atoms with Crippen molar-refractivity contribution in [2.24, 2.45) is 0 Å². The minimum Gasteiger partial charge on any atom is -0.430 e. The van der Waals surface area contributed by atoms with Gasteiger partial charge in [0.1, 0.15) is 6.61 Å². The van der Waals surface area contributed by atoms with E-state index in [1.807, 2.05) is 12.2 Å². The molecule has 1 fully saturated rings. The van der Waals surface area contributed by atoms with Crippen molar-refractivity contribution in [2.45, 2.75) is 44.6 Å². The lowest BCUT2D eigenvalue weighted by Crippen LogP contribution is -2.04. The molecule has 0 spiro atoms. The number of unbranched alkanes of at least 4 members (excludes halogenated alkanes) is 5. The number of rotatable bonds is 8. The lowest BCUT2D eigenvalue weighted by Gasteiger charge is -1.99. The van der Waals surface area contributed by atoms with E-state index in [2.05, 4.69) is 17.4 Å². The zero-order valence-corrected chi connectivity index (χ0v) is 9.69. The van der Waals surface area contributed by atoms with Crippen LogP contribution in [0.5, 0.6) is 0 Å². The van der Waals surface area contributed by atoms with E-state index in [0.29, 0.717) is 6.61 Å². The molecule has 0 saturated carbocycles. The quantitative estimate of drug-likeness (QED) is 0.359. The second-order valence-corrected chi connectivity index (χ2v) is 3.93. The van der Waals surface area contributed by atoms with Gasteiger partial charge in [-0.1, -0.05) is 25.0 Å². The van der Waals surface area contributed by atoms with Crippen LogP contribution in [0.1, 0.15) is 38.5 Å². The van der Waals surface area contributed by atoms with Gasteiger partial charge in [0.05, 0.1) is 0 Å². The molecule has 0 bridgehead atoms. The van der Waals surface area contributed by atoms with E-state index in [1.165, 1.54) is 25.7 Å². The summed E-state index contributed by atoms with van der Waals surface area (Å²) in [6.07, 6.45) is 12.3. The first kappa shape index (κ1) is 12.8. The Labute approximate surface area is 97.1 Å². The summed E-state index contributed by atoms with van der Waals surface area (Å²) in [5.41, 5.74) is 0. The van der Waals surface area contributed by atoms with Gasteiger partial charge in [0.2, 0.25) is 0 Å². The molecule has 1 atom stereocenters.